The predicted molar refractivity (Wildman–Crippen MR) is 144 cm³/mol. The minimum absolute atomic E-state index is 0.132. The van der Waals surface area contributed by atoms with Gasteiger partial charge in [-0.25, -0.2) is 0 Å². The molecule has 0 bridgehead atoms. The summed E-state index contributed by atoms with van der Waals surface area (Å²) in [5.74, 6) is -1.08. The molecule has 1 atom stereocenters. The van der Waals surface area contributed by atoms with Crippen LogP contribution in [0.3, 0.4) is 0 Å². The number of hydrogen-bond acceptors (Lipinski definition) is 6. The van der Waals surface area contributed by atoms with Gasteiger partial charge < -0.3 is 15.0 Å². The number of ether oxygens (including phenoxy) is 1. The number of halogens is 1. The van der Waals surface area contributed by atoms with Gasteiger partial charge in [-0.15, -0.1) is 0 Å². The fourth-order valence-electron chi connectivity index (χ4n) is 6.04. The number of nitrogens with one attached hydrogen (secondary N) is 2. The molecule has 39 heavy (non-hydrogen) atoms. The van der Waals surface area contributed by atoms with E-state index in [0.717, 1.165) is 55.1 Å². The number of aryl methyl sites for hydroxylation is 1. The van der Waals surface area contributed by atoms with Crippen LogP contribution in [0, 0.1) is 12.3 Å². The lowest BCUT2D eigenvalue weighted by atomic mass is 9.78. The molecule has 4 aliphatic rings. The summed E-state index contributed by atoms with van der Waals surface area (Å²) in [6.07, 6.45) is 1.27. The van der Waals surface area contributed by atoms with Gasteiger partial charge in [-0.2, -0.15) is 0 Å². The standard InChI is InChI=1S/C29H31ClN4O5/c1-17-20(11-33-13-29(14-33)15-39-16-29)9-21(10-23(17)30)31-25(35)6-3-18-2-4-19-12-34(28(38)22(19)8-18)24-5-7-26(36)32-27(24)37/h2,4,8-10,24H,3,5-7,11-16H2,1H3,(H,31,35)(H,32,36,37). The predicted octanol–water partition coefficient (Wildman–Crippen LogP) is 2.81. The Morgan fingerprint density at radius 1 is 1.18 bits per heavy atom. The van der Waals surface area contributed by atoms with Crippen molar-refractivity contribution in [1.82, 2.24) is 15.1 Å². The molecule has 0 radical (unpaired) electrons. The Labute approximate surface area is 231 Å². The molecular weight excluding hydrogens is 520 g/mol. The third-order valence-electron chi connectivity index (χ3n) is 8.30. The second kappa shape index (κ2) is 10.0. The number of carbonyl (C=O) groups is 4. The van der Waals surface area contributed by atoms with E-state index >= 15 is 0 Å². The van der Waals surface area contributed by atoms with Crippen LogP contribution in [0.25, 0.3) is 0 Å². The molecular formula is C29H31ClN4O5. The molecule has 0 aromatic heterocycles. The highest BCUT2D eigenvalue weighted by molar-refractivity contribution is 6.31. The van der Waals surface area contributed by atoms with E-state index in [1.165, 1.54) is 4.90 Å². The molecule has 2 aromatic rings. The third kappa shape index (κ3) is 5.06. The minimum atomic E-state index is -0.641. The van der Waals surface area contributed by atoms with Gasteiger partial charge in [0.15, 0.2) is 0 Å². The monoisotopic (exact) mass is 550 g/mol. The zero-order valence-corrected chi connectivity index (χ0v) is 22.6. The summed E-state index contributed by atoms with van der Waals surface area (Å²) in [5, 5.41) is 5.93. The Morgan fingerprint density at radius 3 is 2.69 bits per heavy atom. The Hall–Kier alpha value is -3.27. The smallest absolute Gasteiger partial charge is 0.255 e. The highest BCUT2D eigenvalue weighted by atomic mass is 35.5. The van der Waals surface area contributed by atoms with Crippen molar-refractivity contribution >= 4 is 40.9 Å². The van der Waals surface area contributed by atoms with E-state index in [4.69, 9.17) is 16.3 Å². The number of anilines is 1. The van der Waals surface area contributed by atoms with E-state index in [0.29, 0.717) is 41.1 Å². The van der Waals surface area contributed by atoms with Crippen molar-refractivity contribution in [2.24, 2.45) is 5.41 Å². The van der Waals surface area contributed by atoms with Crippen LogP contribution in [0.1, 0.15) is 51.9 Å². The topological polar surface area (TPSA) is 108 Å². The summed E-state index contributed by atoms with van der Waals surface area (Å²) in [4.78, 5) is 53.5. The van der Waals surface area contributed by atoms with Crippen LogP contribution in [0.4, 0.5) is 5.69 Å². The number of nitrogens with zero attached hydrogens (tertiary/aromatic N) is 2. The molecule has 6 rings (SSSR count). The van der Waals surface area contributed by atoms with E-state index in [1.807, 2.05) is 31.2 Å². The van der Waals surface area contributed by atoms with Crippen molar-refractivity contribution in [1.29, 1.82) is 0 Å². The normalized spacial score (nSPS) is 21.8. The van der Waals surface area contributed by atoms with E-state index in [-0.39, 0.29) is 30.6 Å². The molecule has 4 aliphatic heterocycles. The maximum atomic E-state index is 13.1. The first-order chi connectivity index (χ1) is 18.7. The van der Waals surface area contributed by atoms with E-state index in [1.54, 1.807) is 6.07 Å². The molecule has 4 amide bonds. The van der Waals surface area contributed by atoms with Crippen molar-refractivity contribution in [3.8, 4) is 0 Å². The van der Waals surface area contributed by atoms with Gasteiger partial charge in [-0.05, 0) is 60.2 Å². The van der Waals surface area contributed by atoms with E-state index in [9.17, 15) is 19.2 Å². The lowest BCUT2D eigenvalue weighted by molar-refractivity contribution is -0.191. The number of carbonyl (C=O) groups excluding carboxylic acids is 4. The summed E-state index contributed by atoms with van der Waals surface area (Å²) >= 11 is 6.50. The summed E-state index contributed by atoms with van der Waals surface area (Å²) in [7, 11) is 0. The Balaban J connectivity index is 1.05. The number of rotatable bonds is 7. The number of amides is 4. The lowest BCUT2D eigenvalue weighted by Gasteiger charge is -2.55. The molecule has 2 N–H and O–H groups in total. The molecule has 0 saturated carbocycles. The number of piperidine rings is 1. The molecule has 1 spiro atoms. The van der Waals surface area contributed by atoms with Crippen molar-refractivity contribution in [2.45, 2.75) is 51.7 Å². The van der Waals surface area contributed by atoms with Crippen LogP contribution in [-0.2, 0) is 38.6 Å². The van der Waals surface area contributed by atoms with Gasteiger partial charge >= 0.3 is 0 Å². The van der Waals surface area contributed by atoms with Gasteiger partial charge in [-0.1, -0.05) is 23.7 Å². The SMILES string of the molecule is Cc1c(Cl)cc(NC(=O)CCc2ccc3c(c2)C(=O)N(C2CCC(=O)NC2=O)C3)cc1CN1CC2(COC2)C1. The van der Waals surface area contributed by atoms with Gasteiger partial charge in [0, 0.05) is 60.7 Å². The van der Waals surface area contributed by atoms with Gasteiger partial charge in [0.05, 0.1) is 13.2 Å². The van der Waals surface area contributed by atoms with Crippen LogP contribution in [0.15, 0.2) is 30.3 Å². The number of fused-ring (bicyclic) bond motifs is 1. The fraction of sp³-hybridized carbons (Fsp3) is 0.448. The average Bonchev–Trinajstić information content (AvgIpc) is 3.17. The zero-order chi connectivity index (χ0) is 27.3. The molecule has 2 aromatic carbocycles. The molecule has 204 valence electrons. The van der Waals surface area contributed by atoms with Crippen LogP contribution >= 0.6 is 11.6 Å². The zero-order valence-electron chi connectivity index (χ0n) is 21.8. The van der Waals surface area contributed by atoms with Gasteiger partial charge in [-0.3, -0.25) is 29.4 Å². The van der Waals surface area contributed by atoms with E-state index < -0.39 is 11.9 Å². The Bertz CT molecular complexity index is 1380. The molecule has 0 aliphatic carbocycles. The second-order valence-corrected chi connectivity index (χ2v) is 11.7. The average molecular weight is 551 g/mol. The molecule has 1 unspecified atom stereocenters. The largest absolute Gasteiger partial charge is 0.380 e. The van der Waals surface area contributed by atoms with Crippen LogP contribution < -0.4 is 10.6 Å². The molecule has 3 fully saturated rings. The molecule has 10 heteroatoms. The third-order valence-corrected chi connectivity index (χ3v) is 8.69. The molecule has 4 heterocycles. The summed E-state index contributed by atoms with van der Waals surface area (Å²) < 4.78 is 5.36. The summed E-state index contributed by atoms with van der Waals surface area (Å²) in [6.45, 7) is 6.86. The summed E-state index contributed by atoms with van der Waals surface area (Å²) in [5.41, 5.74) is 5.41. The Morgan fingerprint density at radius 2 is 1.97 bits per heavy atom. The molecule has 9 nitrogen and oxygen atoms in total. The summed E-state index contributed by atoms with van der Waals surface area (Å²) in [6, 6.07) is 8.75. The number of benzene rings is 2. The number of likely N-dealkylation sites (tertiary alicyclic amines) is 1. The van der Waals surface area contributed by atoms with Gasteiger partial charge in [0.25, 0.3) is 5.91 Å². The first kappa shape index (κ1) is 26.0. The highest BCUT2D eigenvalue weighted by Gasteiger charge is 2.48. The van der Waals surface area contributed by atoms with Crippen molar-refractivity contribution < 1.29 is 23.9 Å². The van der Waals surface area contributed by atoms with Crippen LogP contribution in [0.2, 0.25) is 5.02 Å². The van der Waals surface area contributed by atoms with Gasteiger partial charge in [0.2, 0.25) is 17.7 Å². The second-order valence-electron chi connectivity index (χ2n) is 11.3. The molecule has 3 saturated heterocycles. The van der Waals surface area contributed by atoms with Crippen molar-refractivity contribution in [3.63, 3.8) is 0 Å². The number of imide groups is 1. The minimum Gasteiger partial charge on any atom is -0.380 e. The fourth-order valence-corrected chi connectivity index (χ4v) is 6.28. The highest BCUT2D eigenvalue weighted by Crippen LogP contribution is 2.39. The quantitative estimate of drug-likeness (QED) is 0.513. The van der Waals surface area contributed by atoms with Crippen molar-refractivity contribution in [3.05, 3.63) is 63.2 Å². The van der Waals surface area contributed by atoms with E-state index in [2.05, 4.69) is 15.5 Å². The van der Waals surface area contributed by atoms with Crippen molar-refractivity contribution in [2.75, 3.05) is 31.6 Å². The van der Waals surface area contributed by atoms with Crippen LogP contribution in [0.5, 0.6) is 0 Å². The Kier molecular flexibility index (Phi) is 6.69. The maximum absolute atomic E-state index is 13.1. The van der Waals surface area contributed by atoms with Crippen LogP contribution in [-0.4, -0.2) is 65.8 Å². The first-order valence-corrected chi connectivity index (χ1v) is 13.7. The number of hydrogen-bond donors (Lipinski definition) is 2. The lowest BCUT2D eigenvalue weighted by Crippen LogP contribution is -2.65. The van der Waals surface area contributed by atoms with Gasteiger partial charge in [0.1, 0.15) is 6.04 Å². The maximum Gasteiger partial charge on any atom is 0.255 e. The first-order valence-electron chi connectivity index (χ1n) is 13.4.